The fourth-order valence-corrected chi connectivity index (χ4v) is 3.10. The molecule has 0 spiro atoms. The van der Waals surface area contributed by atoms with Crippen LogP contribution in [0.4, 0.5) is 5.69 Å². The van der Waals surface area contributed by atoms with Crippen LogP contribution >= 0.6 is 0 Å². The Bertz CT molecular complexity index is 632. The molecule has 27 heavy (non-hydrogen) atoms. The third-order valence-electron chi connectivity index (χ3n) is 4.40. The average molecular weight is 377 g/mol. The number of nitrogens with zero attached hydrogens (tertiary/aromatic N) is 3. The van der Waals surface area contributed by atoms with Gasteiger partial charge in [-0.05, 0) is 52.1 Å². The minimum atomic E-state index is -0.264. The van der Waals surface area contributed by atoms with E-state index in [-0.39, 0.29) is 30.4 Å². The normalized spacial score (nSPS) is 15.0. The highest BCUT2D eigenvalue weighted by Crippen LogP contribution is 2.20. The molecule has 1 aliphatic heterocycles. The molecule has 0 aliphatic carbocycles. The van der Waals surface area contributed by atoms with Gasteiger partial charge in [-0.1, -0.05) is 0 Å². The van der Waals surface area contributed by atoms with Gasteiger partial charge in [0, 0.05) is 37.4 Å². The van der Waals surface area contributed by atoms with Gasteiger partial charge < -0.3 is 19.9 Å². The molecule has 1 saturated heterocycles. The van der Waals surface area contributed by atoms with Crippen molar-refractivity contribution < 1.29 is 14.3 Å². The standard InChI is InChI=1S/C20H32N4O3/c1-20(2,3)21-18(25)14-22(4)15-19(26)24-12-10-23(11-13-24)16-6-8-17(27-5)9-7-16/h6-9H,10-15H2,1-5H3,(H,21,25). The summed E-state index contributed by atoms with van der Waals surface area (Å²) in [5, 5.41) is 2.91. The van der Waals surface area contributed by atoms with E-state index in [4.69, 9.17) is 4.74 Å². The molecule has 2 amide bonds. The van der Waals surface area contributed by atoms with Gasteiger partial charge in [0.1, 0.15) is 5.75 Å². The van der Waals surface area contributed by atoms with Crippen molar-refractivity contribution >= 4 is 17.5 Å². The molecule has 0 bridgehead atoms. The first kappa shape index (κ1) is 21.0. The Morgan fingerprint density at radius 3 is 2.19 bits per heavy atom. The Labute approximate surface area is 162 Å². The molecule has 0 unspecified atom stereocenters. The van der Waals surface area contributed by atoms with Crippen molar-refractivity contribution in [3.8, 4) is 5.75 Å². The molecule has 0 radical (unpaired) electrons. The van der Waals surface area contributed by atoms with Crippen molar-refractivity contribution in [1.82, 2.24) is 15.1 Å². The molecular formula is C20H32N4O3. The fraction of sp³-hybridized carbons (Fsp3) is 0.600. The molecule has 0 saturated carbocycles. The monoisotopic (exact) mass is 376 g/mol. The van der Waals surface area contributed by atoms with Gasteiger partial charge >= 0.3 is 0 Å². The first-order valence-electron chi connectivity index (χ1n) is 9.34. The maximum Gasteiger partial charge on any atom is 0.236 e. The van der Waals surface area contributed by atoms with E-state index in [9.17, 15) is 9.59 Å². The van der Waals surface area contributed by atoms with E-state index in [1.807, 2.05) is 49.9 Å². The van der Waals surface area contributed by atoms with Gasteiger partial charge in [-0.15, -0.1) is 0 Å². The van der Waals surface area contributed by atoms with Crippen molar-refractivity contribution in [2.75, 3.05) is 58.3 Å². The summed E-state index contributed by atoms with van der Waals surface area (Å²) in [5.74, 6) is 0.837. The van der Waals surface area contributed by atoms with E-state index in [2.05, 4.69) is 10.2 Å². The molecule has 1 aromatic carbocycles. The summed E-state index contributed by atoms with van der Waals surface area (Å²) in [6.07, 6.45) is 0. The lowest BCUT2D eigenvalue weighted by Gasteiger charge is -2.36. The highest BCUT2D eigenvalue weighted by Gasteiger charge is 2.23. The van der Waals surface area contributed by atoms with Crippen LogP contribution in [0.25, 0.3) is 0 Å². The second-order valence-corrected chi connectivity index (χ2v) is 8.04. The third-order valence-corrected chi connectivity index (χ3v) is 4.40. The first-order chi connectivity index (χ1) is 12.7. The molecule has 2 rings (SSSR count). The Morgan fingerprint density at radius 2 is 1.67 bits per heavy atom. The number of ether oxygens (including phenoxy) is 1. The SMILES string of the molecule is COc1ccc(N2CCN(C(=O)CN(C)CC(=O)NC(C)(C)C)CC2)cc1. The lowest BCUT2D eigenvalue weighted by Crippen LogP contribution is -2.52. The predicted octanol–water partition coefficient (Wildman–Crippen LogP) is 1.19. The zero-order valence-electron chi connectivity index (χ0n) is 17.1. The van der Waals surface area contributed by atoms with Crippen LogP contribution < -0.4 is 15.0 Å². The van der Waals surface area contributed by atoms with Crippen LogP contribution in [0.5, 0.6) is 5.75 Å². The Balaban J connectivity index is 1.77. The number of methoxy groups -OCH3 is 1. The number of carbonyl (C=O) groups excluding carboxylic acids is 2. The zero-order valence-corrected chi connectivity index (χ0v) is 17.1. The molecule has 1 aliphatic rings. The van der Waals surface area contributed by atoms with E-state index in [1.54, 1.807) is 19.1 Å². The van der Waals surface area contributed by atoms with Crippen molar-refractivity contribution in [2.24, 2.45) is 0 Å². The quantitative estimate of drug-likeness (QED) is 0.808. The molecular weight excluding hydrogens is 344 g/mol. The largest absolute Gasteiger partial charge is 0.497 e. The predicted molar refractivity (Wildman–Crippen MR) is 107 cm³/mol. The average Bonchev–Trinajstić information content (AvgIpc) is 2.60. The minimum Gasteiger partial charge on any atom is -0.497 e. The molecule has 1 fully saturated rings. The molecule has 0 atom stereocenters. The number of rotatable bonds is 6. The minimum absolute atomic E-state index is 0.0652. The van der Waals surface area contributed by atoms with E-state index in [0.29, 0.717) is 13.1 Å². The van der Waals surface area contributed by atoms with Gasteiger partial charge in [-0.2, -0.15) is 0 Å². The molecule has 1 N–H and O–H groups in total. The maximum atomic E-state index is 12.5. The summed E-state index contributed by atoms with van der Waals surface area (Å²) in [7, 11) is 3.46. The molecule has 1 aromatic rings. The van der Waals surface area contributed by atoms with Crippen LogP contribution in [0.1, 0.15) is 20.8 Å². The zero-order chi connectivity index (χ0) is 20.0. The van der Waals surface area contributed by atoms with Crippen LogP contribution in [-0.2, 0) is 9.59 Å². The fourth-order valence-electron chi connectivity index (χ4n) is 3.10. The summed E-state index contributed by atoms with van der Waals surface area (Å²) in [6.45, 7) is 9.27. The number of nitrogens with one attached hydrogen (secondary N) is 1. The van der Waals surface area contributed by atoms with Crippen LogP contribution in [0, 0.1) is 0 Å². The smallest absolute Gasteiger partial charge is 0.236 e. The second kappa shape index (κ2) is 9.08. The van der Waals surface area contributed by atoms with Crippen molar-refractivity contribution in [2.45, 2.75) is 26.3 Å². The van der Waals surface area contributed by atoms with E-state index in [1.165, 1.54) is 0 Å². The number of hydrogen-bond donors (Lipinski definition) is 1. The van der Waals surface area contributed by atoms with E-state index >= 15 is 0 Å². The number of carbonyl (C=O) groups is 2. The van der Waals surface area contributed by atoms with Gasteiger partial charge in [0.05, 0.1) is 20.2 Å². The van der Waals surface area contributed by atoms with Crippen LogP contribution in [0.15, 0.2) is 24.3 Å². The van der Waals surface area contributed by atoms with Crippen molar-refractivity contribution in [3.05, 3.63) is 24.3 Å². The van der Waals surface area contributed by atoms with Crippen molar-refractivity contribution in [1.29, 1.82) is 0 Å². The molecule has 7 heteroatoms. The summed E-state index contributed by atoms with van der Waals surface area (Å²) >= 11 is 0. The van der Waals surface area contributed by atoms with Gasteiger partial charge in [-0.25, -0.2) is 0 Å². The Hall–Kier alpha value is -2.28. The summed E-state index contributed by atoms with van der Waals surface area (Å²) < 4.78 is 5.19. The highest BCUT2D eigenvalue weighted by atomic mass is 16.5. The van der Waals surface area contributed by atoms with Crippen LogP contribution in [0.2, 0.25) is 0 Å². The van der Waals surface area contributed by atoms with Gasteiger partial charge in [-0.3, -0.25) is 14.5 Å². The first-order valence-corrected chi connectivity index (χ1v) is 9.34. The van der Waals surface area contributed by atoms with Crippen LogP contribution in [0.3, 0.4) is 0 Å². The number of likely N-dealkylation sites (N-methyl/N-ethyl adjacent to an activating group) is 1. The lowest BCUT2D eigenvalue weighted by molar-refractivity contribution is -0.133. The van der Waals surface area contributed by atoms with Crippen LogP contribution in [-0.4, -0.2) is 80.6 Å². The number of hydrogen-bond acceptors (Lipinski definition) is 5. The number of piperazine rings is 1. The Morgan fingerprint density at radius 1 is 1.07 bits per heavy atom. The topological polar surface area (TPSA) is 65.1 Å². The molecule has 7 nitrogen and oxygen atoms in total. The summed E-state index contributed by atoms with van der Waals surface area (Å²) in [4.78, 5) is 30.4. The van der Waals surface area contributed by atoms with Gasteiger partial charge in [0.15, 0.2) is 0 Å². The summed E-state index contributed by atoms with van der Waals surface area (Å²) in [6, 6.07) is 7.98. The Kier molecular flexibility index (Phi) is 7.07. The third kappa shape index (κ3) is 6.75. The maximum absolute atomic E-state index is 12.5. The molecule has 1 heterocycles. The van der Waals surface area contributed by atoms with Crippen molar-refractivity contribution in [3.63, 3.8) is 0 Å². The number of anilines is 1. The lowest BCUT2D eigenvalue weighted by atomic mass is 10.1. The number of benzene rings is 1. The molecule has 0 aromatic heterocycles. The second-order valence-electron chi connectivity index (χ2n) is 8.04. The number of amides is 2. The summed E-state index contributed by atoms with van der Waals surface area (Å²) in [5.41, 5.74) is 0.874. The van der Waals surface area contributed by atoms with E-state index < -0.39 is 0 Å². The van der Waals surface area contributed by atoms with Gasteiger partial charge in [0.25, 0.3) is 0 Å². The van der Waals surface area contributed by atoms with Gasteiger partial charge in [0.2, 0.25) is 11.8 Å². The van der Waals surface area contributed by atoms with E-state index in [0.717, 1.165) is 24.5 Å². The highest BCUT2D eigenvalue weighted by molar-refractivity contribution is 5.81. The molecule has 150 valence electrons.